The van der Waals surface area contributed by atoms with E-state index >= 15 is 0 Å². The Morgan fingerprint density at radius 3 is 2.67 bits per heavy atom. The molecule has 1 fully saturated rings. The molecule has 6 heteroatoms. The van der Waals surface area contributed by atoms with Gasteiger partial charge in [-0.2, -0.15) is 0 Å². The monoisotopic (exact) mass is 373 g/mol. The highest BCUT2D eigenvalue weighted by Gasteiger charge is 2.48. The number of nitrogens with zero attached hydrogens (tertiary/aromatic N) is 1. The fourth-order valence-electron chi connectivity index (χ4n) is 3.76. The van der Waals surface area contributed by atoms with E-state index in [0.29, 0.717) is 25.3 Å². The Bertz CT molecular complexity index is 798. The van der Waals surface area contributed by atoms with Crippen LogP contribution in [-0.2, 0) is 17.8 Å². The highest BCUT2D eigenvalue weighted by atomic mass is 19.1. The predicted octanol–water partition coefficient (Wildman–Crippen LogP) is 2.71. The van der Waals surface area contributed by atoms with Gasteiger partial charge in [-0.3, -0.25) is 9.69 Å². The number of piperidine rings is 1. The number of likely N-dealkylation sites (tertiary alicyclic amines) is 1. The first-order chi connectivity index (χ1) is 12.9. The quantitative estimate of drug-likeness (QED) is 0.815. The lowest BCUT2D eigenvalue weighted by Crippen LogP contribution is -2.55. The molecule has 2 aromatic rings. The Hall–Kier alpha value is -2.44. The maximum absolute atomic E-state index is 13.4. The smallest absolute Gasteiger partial charge is 0.312 e. The molecule has 2 atom stereocenters. The number of hydrogen-bond donors (Lipinski definition) is 2. The number of carbonyl (C=O) groups is 1. The molecule has 1 aliphatic heterocycles. The molecule has 144 valence electrons. The molecule has 1 saturated heterocycles. The number of halogens is 1. The Labute approximate surface area is 158 Å². The van der Waals surface area contributed by atoms with Crippen molar-refractivity contribution < 1.29 is 24.1 Å². The number of carboxylic acids is 1. The molecule has 1 aliphatic rings. The van der Waals surface area contributed by atoms with Crippen molar-refractivity contribution in [1.82, 2.24) is 4.90 Å². The standard InChI is InChI=1S/C21H24FNO4/c1-27-18-11-17(22)8-7-16(18)13-23-10-9-21(20(25)26,19(24)14-23)12-15-5-3-2-4-6-15/h2-8,11,19,24H,9-10,12-14H2,1H3,(H,25,26)/t19-,21-/m1/s1. The van der Waals surface area contributed by atoms with Crippen LogP contribution in [0.1, 0.15) is 17.5 Å². The lowest BCUT2D eigenvalue weighted by molar-refractivity contribution is -0.163. The maximum Gasteiger partial charge on any atom is 0.312 e. The van der Waals surface area contributed by atoms with Crippen LogP contribution >= 0.6 is 0 Å². The summed E-state index contributed by atoms with van der Waals surface area (Å²) in [5, 5.41) is 20.6. The third-order valence-corrected chi connectivity index (χ3v) is 5.37. The minimum absolute atomic E-state index is 0.236. The molecule has 0 amide bonds. The second kappa shape index (κ2) is 8.06. The van der Waals surface area contributed by atoms with Gasteiger partial charge in [-0.15, -0.1) is 0 Å². The summed E-state index contributed by atoms with van der Waals surface area (Å²) >= 11 is 0. The first-order valence-electron chi connectivity index (χ1n) is 8.95. The highest BCUT2D eigenvalue weighted by Crippen LogP contribution is 2.37. The number of hydrogen-bond acceptors (Lipinski definition) is 4. The van der Waals surface area contributed by atoms with E-state index in [0.717, 1.165) is 11.1 Å². The molecular formula is C21H24FNO4. The third-order valence-electron chi connectivity index (χ3n) is 5.37. The van der Waals surface area contributed by atoms with Crippen LogP contribution in [0.25, 0.3) is 0 Å². The van der Waals surface area contributed by atoms with Gasteiger partial charge in [0.2, 0.25) is 0 Å². The molecule has 0 unspecified atom stereocenters. The molecule has 0 aromatic heterocycles. The van der Waals surface area contributed by atoms with Gasteiger partial charge < -0.3 is 14.9 Å². The van der Waals surface area contributed by atoms with E-state index in [1.807, 2.05) is 35.2 Å². The fraction of sp³-hybridized carbons (Fsp3) is 0.381. The molecule has 0 saturated carbocycles. The lowest BCUT2D eigenvalue weighted by Gasteiger charge is -2.43. The third kappa shape index (κ3) is 4.12. The molecular weight excluding hydrogens is 349 g/mol. The molecule has 1 heterocycles. The number of aliphatic hydroxyl groups is 1. The van der Waals surface area contributed by atoms with Crippen LogP contribution in [0.15, 0.2) is 48.5 Å². The van der Waals surface area contributed by atoms with Gasteiger partial charge in [0, 0.05) is 24.7 Å². The van der Waals surface area contributed by atoms with Gasteiger partial charge in [0.15, 0.2) is 0 Å². The van der Waals surface area contributed by atoms with Crippen LogP contribution in [0.2, 0.25) is 0 Å². The van der Waals surface area contributed by atoms with E-state index in [1.54, 1.807) is 6.07 Å². The summed E-state index contributed by atoms with van der Waals surface area (Å²) in [4.78, 5) is 14.0. The summed E-state index contributed by atoms with van der Waals surface area (Å²) in [6.45, 7) is 1.22. The van der Waals surface area contributed by atoms with Gasteiger partial charge in [-0.05, 0) is 31.0 Å². The zero-order valence-corrected chi connectivity index (χ0v) is 15.3. The van der Waals surface area contributed by atoms with Gasteiger partial charge in [-0.25, -0.2) is 4.39 Å². The van der Waals surface area contributed by atoms with Crippen molar-refractivity contribution in [2.75, 3.05) is 20.2 Å². The number of aliphatic carboxylic acids is 1. The van der Waals surface area contributed by atoms with Crippen molar-refractivity contribution in [2.24, 2.45) is 5.41 Å². The average Bonchev–Trinajstić information content (AvgIpc) is 2.66. The maximum atomic E-state index is 13.4. The number of aliphatic hydroxyl groups excluding tert-OH is 1. The van der Waals surface area contributed by atoms with Crippen molar-refractivity contribution in [2.45, 2.75) is 25.5 Å². The Kier molecular flexibility index (Phi) is 5.77. The van der Waals surface area contributed by atoms with E-state index in [1.165, 1.54) is 19.2 Å². The van der Waals surface area contributed by atoms with Crippen molar-refractivity contribution in [3.05, 3.63) is 65.5 Å². The zero-order chi connectivity index (χ0) is 19.4. The Morgan fingerprint density at radius 2 is 2.04 bits per heavy atom. The summed E-state index contributed by atoms with van der Waals surface area (Å²) in [7, 11) is 1.48. The van der Waals surface area contributed by atoms with Crippen molar-refractivity contribution in [3.8, 4) is 5.75 Å². The van der Waals surface area contributed by atoms with E-state index in [2.05, 4.69) is 0 Å². The SMILES string of the molecule is COc1cc(F)ccc1CN1CC[C@](Cc2ccccc2)(C(=O)O)[C@H](O)C1. The van der Waals surface area contributed by atoms with Crippen LogP contribution in [0.3, 0.4) is 0 Å². The largest absolute Gasteiger partial charge is 0.496 e. The number of rotatable bonds is 6. The Morgan fingerprint density at radius 1 is 1.30 bits per heavy atom. The number of benzene rings is 2. The Balaban J connectivity index is 1.74. The van der Waals surface area contributed by atoms with Crippen LogP contribution in [-0.4, -0.2) is 47.4 Å². The second-order valence-corrected chi connectivity index (χ2v) is 7.08. The normalized spacial score (nSPS) is 23.1. The van der Waals surface area contributed by atoms with E-state index in [-0.39, 0.29) is 18.8 Å². The van der Waals surface area contributed by atoms with Crippen LogP contribution in [0.4, 0.5) is 4.39 Å². The van der Waals surface area contributed by atoms with Gasteiger partial charge in [0.05, 0.1) is 13.2 Å². The molecule has 0 radical (unpaired) electrons. The van der Waals surface area contributed by atoms with Gasteiger partial charge in [0.25, 0.3) is 0 Å². The summed E-state index contributed by atoms with van der Waals surface area (Å²) in [6, 6.07) is 13.7. The fourth-order valence-corrected chi connectivity index (χ4v) is 3.76. The molecule has 5 nitrogen and oxygen atoms in total. The van der Waals surface area contributed by atoms with E-state index in [9.17, 15) is 19.4 Å². The number of β-amino-alcohol motifs (C(OH)–C–C–N with tert-alkyl or cyclic N) is 1. The molecule has 0 aliphatic carbocycles. The van der Waals surface area contributed by atoms with E-state index in [4.69, 9.17) is 4.74 Å². The number of carboxylic acid groups (broad SMARTS) is 1. The lowest BCUT2D eigenvalue weighted by atomic mass is 9.71. The predicted molar refractivity (Wildman–Crippen MR) is 99.1 cm³/mol. The summed E-state index contributed by atoms with van der Waals surface area (Å²) < 4.78 is 18.6. The average molecular weight is 373 g/mol. The first-order valence-corrected chi connectivity index (χ1v) is 8.95. The summed E-state index contributed by atoms with van der Waals surface area (Å²) in [5.74, 6) is -0.899. The molecule has 3 rings (SSSR count). The van der Waals surface area contributed by atoms with Crippen LogP contribution in [0, 0.1) is 11.2 Å². The highest BCUT2D eigenvalue weighted by molar-refractivity contribution is 5.76. The molecule has 27 heavy (non-hydrogen) atoms. The first kappa shape index (κ1) is 19.3. The molecule has 0 spiro atoms. The van der Waals surface area contributed by atoms with Gasteiger partial charge in [-0.1, -0.05) is 36.4 Å². The topological polar surface area (TPSA) is 70.0 Å². The van der Waals surface area contributed by atoms with Gasteiger partial charge >= 0.3 is 5.97 Å². The zero-order valence-electron chi connectivity index (χ0n) is 15.3. The van der Waals surface area contributed by atoms with Gasteiger partial charge in [0.1, 0.15) is 17.0 Å². The van der Waals surface area contributed by atoms with Crippen molar-refractivity contribution >= 4 is 5.97 Å². The molecule has 0 bridgehead atoms. The second-order valence-electron chi connectivity index (χ2n) is 7.08. The van der Waals surface area contributed by atoms with Crippen molar-refractivity contribution in [1.29, 1.82) is 0 Å². The molecule has 2 N–H and O–H groups in total. The summed E-state index contributed by atoms with van der Waals surface area (Å²) in [5.41, 5.74) is 0.495. The van der Waals surface area contributed by atoms with Crippen LogP contribution < -0.4 is 4.74 Å². The van der Waals surface area contributed by atoms with Crippen LogP contribution in [0.5, 0.6) is 5.75 Å². The van der Waals surface area contributed by atoms with E-state index < -0.39 is 17.5 Å². The number of ether oxygens (including phenoxy) is 1. The molecule has 2 aromatic carbocycles. The number of methoxy groups -OCH3 is 1. The minimum Gasteiger partial charge on any atom is -0.496 e. The van der Waals surface area contributed by atoms with Crippen molar-refractivity contribution in [3.63, 3.8) is 0 Å². The minimum atomic E-state index is -1.20. The summed E-state index contributed by atoms with van der Waals surface area (Å²) in [6.07, 6.45) is -0.379.